The second-order valence-corrected chi connectivity index (χ2v) is 14.9. The lowest BCUT2D eigenvalue weighted by molar-refractivity contribution is -0.235. The Kier molecular flexibility index (Phi) is 9.60. The lowest BCUT2D eigenvalue weighted by Crippen LogP contribution is -2.70. The zero-order valence-corrected chi connectivity index (χ0v) is 29.3. The van der Waals surface area contributed by atoms with Gasteiger partial charge in [-0.15, -0.1) is 0 Å². The van der Waals surface area contributed by atoms with E-state index in [1.807, 2.05) is 54.6 Å². The summed E-state index contributed by atoms with van der Waals surface area (Å²) >= 11 is 0. The Morgan fingerprint density at radius 3 is 2.44 bits per heavy atom. The van der Waals surface area contributed by atoms with Gasteiger partial charge in [-0.3, -0.25) is 19.2 Å². The van der Waals surface area contributed by atoms with Crippen molar-refractivity contribution in [3.8, 4) is 0 Å². The smallest absolute Gasteiger partial charge is 0.327 e. The van der Waals surface area contributed by atoms with Crippen molar-refractivity contribution in [2.24, 2.45) is 17.3 Å². The molecule has 52 heavy (non-hydrogen) atoms. The number of carbonyl (C=O) groups is 3. The van der Waals surface area contributed by atoms with Crippen molar-refractivity contribution in [3.05, 3.63) is 77.5 Å². The average molecular weight is 718 g/mol. The first-order valence-corrected chi connectivity index (χ1v) is 18.5. The number of benzene rings is 2. The molecule has 2 bridgehead atoms. The monoisotopic (exact) mass is 717 g/mol. The quantitative estimate of drug-likeness (QED) is 0.141. The number of nitrogens with one attached hydrogen (secondary N) is 1. The van der Waals surface area contributed by atoms with Crippen LogP contribution in [0.3, 0.4) is 0 Å². The van der Waals surface area contributed by atoms with Crippen LogP contribution in [0.25, 0.3) is 6.08 Å². The van der Waals surface area contributed by atoms with E-state index in [-0.39, 0.29) is 57.6 Å². The van der Waals surface area contributed by atoms with Crippen molar-refractivity contribution < 1.29 is 48.4 Å². The Bertz CT molecular complexity index is 1670. The molecule has 6 aliphatic rings. The Morgan fingerprint density at radius 1 is 1.02 bits per heavy atom. The summed E-state index contributed by atoms with van der Waals surface area (Å²) in [5, 5.41) is 23.0. The molecule has 0 radical (unpaired) electrons. The summed E-state index contributed by atoms with van der Waals surface area (Å²) in [7, 11) is 1.60. The molecule has 3 saturated heterocycles. The molecule has 8 rings (SSSR count). The number of fused-ring (bicyclic) bond motifs is 4. The molecule has 13 nitrogen and oxygen atoms in total. The fraction of sp³-hybridized carbons (Fsp3) is 0.564. The van der Waals surface area contributed by atoms with Gasteiger partial charge in [0, 0.05) is 38.3 Å². The molecule has 3 aliphatic heterocycles. The van der Waals surface area contributed by atoms with E-state index in [1.165, 1.54) is 11.2 Å². The zero-order chi connectivity index (χ0) is 36.0. The maximum atomic E-state index is 15.4. The van der Waals surface area contributed by atoms with Gasteiger partial charge in [-0.1, -0.05) is 54.6 Å². The first-order chi connectivity index (χ1) is 25.3. The van der Waals surface area contributed by atoms with Gasteiger partial charge in [0.1, 0.15) is 42.5 Å². The number of likely N-dealkylation sites (N-methyl/N-ethyl adjacent to an activating group) is 1. The van der Waals surface area contributed by atoms with Crippen LogP contribution in [-0.4, -0.2) is 114 Å². The number of amides is 2. The van der Waals surface area contributed by atoms with E-state index in [1.54, 1.807) is 18.2 Å². The van der Waals surface area contributed by atoms with E-state index in [4.69, 9.17) is 28.9 Å². The third kappa shape index (κ3) is 6.10. The van der Waals surface area contributed by atoms with E-state index in [9.17, 15) is 14.7 Å². The molecular weight excluding hydrogens is 670 g/mol. The van der Waals surface area contributed by atoms with Crippen LogP contribution < -0.4 is 5.32 Å². The summed E-state index contributed by atoms with van der Waals surface area (Å²) < 4.78 is 25.5. The number of esters is 1. The molecule has 2 amide bonds. The normalized spacial score (nSPS) is 30.8. The van der Waals surface area contributed by atoms with E-state index < -0.39 is 65.5 Å². The van der Waals surface area contributed by atoms with Crippen LogP contribution in [0, 0.1) is 17.3 Å². The summed E-state index contributed by atoms with van der Waals surface area (Å²) in [6.45, 7) is -0.0398. The largest absolute Gasteiger partial charge is 0.499 e. The van der Waals surface area contributed by atoms with Gasteiger partial charge >= 0.3 is 5.97 Å². The Hall–Kier alpha value is -3.85. The lowest BCUT2D eigenvalue weighted by Gasteiger charge is -2.50. The molecule has 2 aromatic carbocycles. The van der Waals surface area contributed by atoms with Crippen LogP contribution in [0.2, 0.25) is 0 Å². The summed E-state index contributed by atoms with van der Waals surface area (Å²) in [5.74, 6) is -1.73. The maximum absolute atomic E-state index is 15.4. The summed E-state index contributed by atoms with van der Waals surface area (Å²) in [5.41, 5.74) is 1.02. The zero-order valence-electron chi connectivity index (χ0n) is 29.3. The van der Waals surface area contributed by atoms with Gasteiger partial charge in [0.25, 0.3) is 0 Å². The van der Waals surface area contributed by atoms with Crippen molar-refractivity contribution in [3.63, 3.8) is 0 Å². The molecular formula is C39H47N3O10. The SMILES string of the molecule is CN(C(=O)[C@@]12C[C@H]3OC(=O)[C@@H]1N(Cc1ccccc1C=COCCO)O[C@@H]2[C@H]1OC(C2CC2)(C2CC2)O[C@H]13)[C@H](Cc1ccccc1)C(=O)NCCO. The second-order valence-electron chi connectivity index (χ2n) is 14.9. The molecule has 3 heterocycles. The number of aliphatic hydroxyl groups is 2. The third-order valence-electron chi connectivity index (χ3n) is 11.6. The first-order valence-electron chi connectivity index (χ1n) is 18.5. The van der Waals surface area contributed by atoms with Crippen molar-refractivity contribution in [1.82, 2.24) is 15.3 Å². The standard InChI is InChI=1S/C39H47N3O10/c1-41(29(35(45)40-16-17-43)21-24-7-3-2-4-8-24)37(47)38-22-30-31-32(51-39(50-31,27-11-12-27)28-13-14-28)34(38)52-42(33(38)36(46)49-30)23-26-10-6-5-9-25(26)15-19-48-20-18-44/h2-10,15,19,27-34,43-44H,11-14,16-18,20-23H2,1H3,(H,40,45)/t29-,30-,31+,32+,33+,34-,38+/m1/s1. The highest BCUT2D eigenvalue weighted by atomic mass is 16.8. The molecule has 7 atom stereocenters. The number of rotatable bonds is 15. The first kappa shape index (κ1) is 35.2. The molecule has 0 aromatic heterocycles. The summed E-state index contributed by atoms with van der Waals surface area (Å²) in [6.07, 6.45) is 4.70. The van der Waals surface area contributed by atoms with Gasteiger partial charge in [0.2, 0.25) is 11.8 Å². The Balaban J connectivity index is 1.17. The van der Waals surface area contributed by atoms with E-state index in [0.29, 0.717) is 0 Å². The Labute approximate surface area is 302 Å². The number of aliphatic hydroxyl groups excluding tert-OH is 2. The van der Waals surface area contributed by atoms with Crippen LogP contribution in [0.5, 0.6) is 0 Å². The number of carbonyl (C=O) groups excluding carboxylic acids is 3. The molecule has 3 aliphatic carbocycles. The topological polar surface area (TPSA) is 156 Å². The summed E-state index contributed by atoms with van der Waals surface area (Å²) in [6, 6.07) is 15.0. The lowest BCUT2D eigenvalue weighted by atomic mass is 9.62. The molecule has 13 heteroatoms. The predicted octanol–water partition coefficient (Wildman–Crippen LogP) is 1.94. The van der Waals surface area contributed by atoms with Gasteiger partial charge in [0.15, 0.2) is 11.8 Å². The fourth-order valence-electron chi connectivity index (χ4n) is 8.91. The predicted molar refractivity (Wildman–Crippen MR) is 184 cm³/mol. The van der Waals surface area contributed by atoms with Crippen LogP contribution >= 0.6 is 0 Å². The average Bonchev–Trinajstić information content (AvgIpc) is 4.11. The maximum Gasteiger partial charge on any atom is 0.327 e. The number of hydroxylamine groups is 2. The van der Waals surface area contributed by atoms with Gasteiger partial charge < -0.3 is 39.4 Å². The molecule has 2 aromatic rings. The van der Waals surface area contributed by atoms with Crippen molar-refractivity contribution in [2.45, 2.75) is 87.4 Å². The van der Waals surface area contributed by atoms with Crippen LogP contribution in [0.4, 0.5) is 0 Å². The van der Waals surface area contributed by atoms with Crippen LogP contribution in [-0.2, 0) is 51.1 Å². The van der Waals surface area contributed by atoms with E-state index in [2.05, 4.69) is 5.32 Å². The van der Waals surface area contributed by atoms with Gasteiger partial charge in [-0.2, -0.15) is 5.06 Å². The van der Waals surface area contributed by atoms with Crippen molar-refractivity contribution in [2.75, 3.05) is 33.4 Å². The van der Waals surface area contributed by atoms with E-state index >= 15 is 4.79 Å². The molecule has 3 N–H and O–H groups in total. The second kappa shape index (κ2) is 14.2. The van der Waals surface area contributed by atoms with Crippen molar-refractivity contribution in [1.29, 1.82) is 0 Å². The number of nitrogens with zero attached hydrogens (tertiary/aromatic N) is 2. The minimum atomic E-state index is -1.45. The number of hydrogen-bond donors (Lipinski definition) is 3. The van der Waals surface area contributed by atoms with Crippen LogP contribution in [0.15, 0.2) is 60.9 Å². The number of ether oxygens (including phenoxy) is 4. The van der Waals surface area contributed by atoms with Crippen molar-refractivity contribution >= 4 is 23.9 Å². The molecule has 0 unspecified atom stereocenters. The summed E-state index contributed by atoms with van der Waals surface area (Å²) in [4.78, 5) is 51.7. The highest BCUT2D eigenvalue weighted by Gasteiger charge is 2.78. The molecule has 0 spiro atoms. The van der Waals surface area contributed by atoms with Gasteiger partial charge in [-0.25, -0.2) is 0 Å². The minimum absolute atomic E-state index is 0.0338. The van der Waals surface area contributed by atoms with E-state index in [0.717, 1.165) is 42.4 Å². The molecule has 3 saturated carbocycles. The third-order valence-corrected chi connectivity index (χ3v) is 11.6. The molecule has 278 valence electrons. The minimum Gasteiger partial charge on any atom is -0.499 e. The highest BCUT2D eigenvalue weighted by Crippen LogP contribution is 2.64. The highest BCUT2D eigenvalue weighted by molar-refractivity contribution is 5.96. The number of hydrogen-bond acceptors (Lipinski definition) is 11. The molecule has 6 fully saturated rings. The van der Waals surface area contributed by atoms with Gasteiger partial charge in [-0.05, 0) is 48.4 Å². The fourth-order valence-corrected chi connectivity index (χ4v) is 8.91. The van der Waals surface area contributed by atoms with Crippen LogP contribution in [0.1, 0.15) is 48.8 Å². The Morgan fingerprint density at radius 2 is 1.73 bits per heavy atom. The van der Waals surface area contributed by atoms with Gasteiger partial charge in [0.05, 0.1) is 26.0 Å².